The molecule has 10 nitrogen and oxygen atoms in total. The summed E-state index contributed by atoms with van der Waals surface area (Å²) in [4.78, 5) is 28.0. The Bertz CT molecular complexity index is 1400. The number of benzene rings is 2. The van der Waals surface area contributed by atoms with Crippen molar-refractivity contribution in [2.45, 2.75) is 25.8 Å². The summed E-state index contributed by atoms with van der Waals surface area (Å²) in [7, 11) is 2.11. The van der Waals surface area contributed by atoms with Crippen LogP contribution in [0.25, 0.3) is 10.9 Å². The van der Waals surface area contributed by atoms with E-state index in [2.05, 4.69) is 23.4 Å². The molecule has 1 unspecified atom stereocenters. The zero-order chi connectivity index (χ0) is 27.5. The number of ether oxygens (including phenoxy) is 2. The first-order valence-corrected chi connectivity index (χ1v) is 13.3. The minimum Gasteiger partial charge on any atom is -0.462 e. The first kappa shape index (κ1) is 26.4. The molecule has 0 saturated carbocycles. The number of nitrogens with two attached hydrogens (primary N) is 1. The average Bonchev–Trinajstić information content (AvgIpc) is 3.37. The van der Waals surface area contributed by atoms with Crippen molar-refractivity contribution in [3.8, 4) is 17.5 Å². The third-order valence-electron chi connectivity index (χ3n) is 7.57. The second-order valence-electron chi connectivity index (χ2n) is 10.0. The number of fused-ring (bicyclic) bond motifs is 1. The number of anilines is 2. The lowest BCUT2D eigenvalue weighted by Gasteiger charge is -2.35. The van der Waals surface area contributed by atoms with Crippen molar-refractivity contribution in [3.63, 3.8) is 0 Å². The predicted octanol–water partition coefficient (Wildman–Crippen LogP) is 3.62. The van der Waals surface area contributed by atoms with Crippen LogP contribution in [0.1, 0.15) is 24.0 Å². The van der Waals surface area contributed by atoms with Gasteiger partial charge in [0.2, 0.25) is 5.91 Å². The summed E-state index contributed by atoms with van der Waals surface area (Å²) in [6, 6.07) is 9.98. The molecule has 2 aliphatic rings. The van der Waals surface area contributed by atoms with Gasteiger partial charge in [0.15, 0.2) is 5.75 Å². The highest BCUT2D eigenvalue weighted by Crippen LogP contribution is 2.38. The highest BCUT2D eigenvalue weighted by atomic mass is 16.5. The topological polar surface area (TPSA) is 121 Å². The second-order valence-corrected chi connectivity index (χ2v) is 10.0. The molecular weight excluding hydrogens is 494 g/mol. The normalized spacial score (nSPS) is 17.8. The van der Waals surface area contributed by atoms with E-state index < -0.39 is 0 Å². The van der Waals surface area contributed by atoms with Gasteiger partial charge in [-0.2, -0.15) is 9.97 Å². The van der Waals surface area contributed by atoms with Crippen LogP contribution in [0, 0.1) is 12.3 Å². The molecule has 2 aromatic carbocycles. The standard InChI is InChI=1S/C29H35N7O3/c1-4-25(37)35-13-15-36(16-14-35)28-21-8-5-9-24(39-27-19(2)10-11-23(31)22(27)17-30)26(21)32-29(33-28)38-18-20-7-6-12-34(20)3/h4-5,8-11,17,20,30H,1,6-7,12-16,18,31H2,2-3H3. The number of rotatable bonds is 8. The van der Waals surface area contributed by atoms with Crippen molar-refractivity contribution >= 4 is 34.5 Å². The minimum absolute atomic E-state index is 0.0675. The SMILES string of the molecule is C=CC(=O)N1CCN(c2nc(OCC3CCCN3C)nc3c(Oc4c(C)ccc(N)c4C=N)cccc23)CC1. The average molecular weight is 530 g/mol. The number of nitrogens with zero attached hydrogens (tertiary/aromatic N) is 5. The van der Waals surface area contributed by atoms with E-state index >= 15 is 0 Å². The Morgan fingerprint density at radius 3 is 2.67 bits per heavy atom. The molecule has 0 aliphatic carbocycles. The number of likely N-dealkylation sites (tertiary alicyclic amines) is 1. The molecule has 3 heterocycles. The highest BCUT2D eigenvalue weighted by Gasteiger charge is 2.26. The van der Waals surface area contributed by atoms with E-state index in [-0.39, 0.29) is 11.9 Å². The Balaban J connectivity index is 1.54. The summed E-state index contributed by atoms with van der Waals surface area (Å²) in [5, 5.41) is 8.71. The largest absolute Gasteiger partial charge is 0.462 e. The maximum absolute atomic E-state index is 12.1. The monoisotopic (exact) mass is 529 g/mol. The lowest BCUT2D eigenvalue weighted by atomic mass is 10.1. The van der Waals surface area contributed by atoms with E-state index in [4.69, 9.17) is 30.6 Å². The predicted molar refractivity (Wildman–Crippen MR) is 153 cm³/mol. The summed E-state index contributed by atoms with van der Waals surface area (Å²) in [6.07, 6.45) is 4.78. The number of nitrogen functional groups attached to an aromatic ring is 1. The van der Waals surface area contributed by atoms with Gasteiger partial charge in [-0.25, -0.2) is 0 Å². The molecule has 0 spiro atoms. The number of piperazine rings is 1. The Labute approximate surface area is 228 Å². The Hall–Kier alpha value is -4.18. The third kappa shape index (κ3) is 5.37. The van der Waals surface area contributed by atoms with Crippen LogP contribution in [0.4, 0.5) is 11.5 Å². The molecule has 204 valence electrons. The quantitative estimate of drug-likeness (QED) is 0.258. The molecule has 1 amide bonds. The van der Waals surface area contributed by atoms with Crippen molar-refractivity contribution in [3.05, 3.63) is 54.1 Å². The van der Waals surface area contributed by atoms with Crippen LogP contribution < -0.4 is 20.1 Å². The fourth-order valence-corrected chi connectivity index (χ4v) is 5.22. The van der Waals surface area contributed by atoms with Gasteiger partial charge in [-0.15, -0.1) is 0 Å². The molecular formula is C29H35N7O3. The van der Waals surface area contributed by atoms with Gasteiger partial charge in [-0.1, -0.05) is 18.7 Å². The number of para-hydroxylation sites is 1. The summed E-state index contributed by atoms with van der Waals surface area (Å²) in [5.41, 5.74) is 8.60. The van der Waals surface area contributed by atoms with Crippen molar-refractivity contribution in [1.29, 1.82) is 5.41 Å². The number of aryl methyl sites for hydroxylation is 1. The lowest BCUT2D eigenvalue weighted by Crippen LogP contribution is -2.48. The fourth-order valence-electron chi connectivity index (χ4n) is 5.22. The van der Waals surface area contributed by atoms with Crippen molar-refractivity contribution < 1.29 is 14.3 Å². The Morgan fingerprint density at radius 2 is 1.97 bits per heavy atom. The maximum atomic E-state index is 12.1. The second kappa shape index (κ2) is 11.3. The maximum Gasteiger partial charge on any atom is 0.319 e. The molecule has 0 bridgehead atoms. The fraction of sp³-hybridized carbons (Fsp3) is 0.379. The summed E-state index contributed by atoms with van der Waals surface area (Å²) < 4.78 is 12.6. The number of nitrogens with one attached hydrogen (secondary N) is 1. The van der Waals surface area contributed by atoms with Crippen LogP contribution in [-0.2, 0) is 4.79 Å². The van der Waals surface area contributed by atoms with Crippen molar-refractivity contribution in [2.24, 2.45) is 0 Å². The molecule has 0 radical (unpaired) electrons. The molecule has 3 aromatic rings. The van der Waals surface area contributed by atoms with Gasteiger partial charge >= 0.3 is 6.01 Å². The van der Waals surface area contributed by atoms with E-state index in [1.807, 2.05) is 31.2 Å². The van der Waals surface area contributed by atoms with Gasteiger partial charge in [-0.3, -0.25) is 4.79 Å². The zero-order valence-electron chi connectivity index (χ0n) is 22.5. The molecule has 2 fully saturated rings. The van der Waals surface area contributed by atoms with Gasteiger partial charge in [0, 0.05) is 49.5 Å². The Kier molecular flexibility index (Phi) is 7.65. The van der Waals surface area contributed by atoms with Crippen LogP contribution in [0.3, 0.4) is 0 Å². The van der Waals surface area contributed by atoms with E-state index in [0.717, 1.165) is 36.2 Å². The molecule has 1 aromatic heterocycles. The van der Waals surface area contributed by atoms with Crippen LogP contribution >= 0.6 is 0 Å². The smallest absolute Gasteiger partial charge is 0.319 e. The van der Waals surface area contributed by atoms with E-state index in [1.165, 1.54) is 12.3 Å². The number of hydrogen-bond acceptors (Lipinski definition) is 9. The Morgan fingerprint density at radius 1 is 1.18 bits per heavy atom. The van der Waals surface area contributed by atoms with E-state index in [1.54, 1.807) is 11.0 Å². The van der Waals surface area contributed by atoms with Gasteiger partial charge < -0.3 is 35.3 Å². The lowest BCUT2D eigenvalue weighted by molar-refractivity contribution is -0.126. The van der Waals surface area contributed by atoms with Gasteiger partial charge in [-0.05, 0) is 63.2 Å². The number of carbonyl (C=O) groups is 1. The van der Waals surface area contributed by atoms with E-state index in [0.29, 0.717) is 67.1 Å². The zero-order valence-corrected chi connectivity index (χ0v) is 22.5. The molecule has 3 N–H and O–H groups in total. The van der Waals surface area contributed by atoms with Crippen molar-refractivity contribution in [1.82, 2.24) is 19.8 Å². The molecule has 1 atom stereocenters. The molecule has 39 heavy (non-hydrogen) atoms. The van der Waals surface area contributed by atoms with Crippen molar-refractivity contribution in [2.75, 3.05) is 57.0 Å². The molecule has 2 saturated heterocycles. The number of amides is 1. The summed E-state index contributed by atoms with van der Waals surface area (Å²) in [6.45, 7) is 9.46. The molecule has 10 heteroatoms. The number of carbonyl (C=O) groups excluding carboxylic acids is 1. The number of hydrogen-bond donors (Lipinski definition) is 2. The van der Waals surface area contributed by atoms with Crippen LogP contribution in [-0.4, -0.2) is 84.3 Å². The van der Waals surface area contributed by atoms with Gasteiger partial charge in [0.25, 0.3) is 0 Å². The molecule has 2 aliphatic heterocycles. The summed E-state index contributed by atoms with van der Waals surface area (Å²) in [5.74, 6) is 1.71. The molecule has 5 rings (SSSR count). The van der Waals surface area contributed by atoms with E-state index in [9.17, 15) is 4.79 Å². The first-order chi connectivity index (χ1) is 18.9. The van der Waals surface area contributed by atoms with Crippen LogP contribution in [0.15, 0.2) is 43.0 Å². The van der Waals surface area contributed by atoms with Crippen LogP contribution in [0.5, 0.6) is 17.5 Å². The number of likely N-dealkylation sites (N-methyl/N-ethyl adjacent to an activating group) is 1. The highest BCUT2D eigenvalue weighted by molar-refractivity contribution is 5.95. The van der Waals surface area contributed by atoms with Gasteiger partial charge in [0.1, 0.15) is 23.7 Å². The van der Waals surface area contributed by atoms with Gasteiger partial charge in [0.05, 0.1) is 5.56 Å². The number of aromatic nitrogens is 2. The minimum atomic E-state index is -0.0675. The first-order valence-electron chi connectivity index (χ1n) is 13.3. The summed E-state index contributed by atoms with van der Waals surface area (Å²) >= 11 is 0. The van der Waals surface area contributed by atoms with Crippen LogP contribution in [0.2, 0.25) is 0 Å². The third-order valence-corrected chi connectivity index (χ3v) is 7.57.